The van der Waals surface area contributed by atoms with E-state index in [-0.39, 0.29) is 0 Å². The molecular weight excluding hydrogens is 332 g/mol. The number of aromatic nitrogens is 5. The lowest BCUT2D eigenvalue weighted by Gasteiger charge is -2.08. The SMILES string of the molecule is COC(=O)c1cccc(Nc2ncnc3c2cnn3-c2ccccn2)c1. The second-order valence-corrected chi connectivity index (χ2v) is 5.40. The number of carbonyl (C=O) groups excluding carboxylic acids is 1. The Kier molecular flexibility index (Phi) is 3.98. The number of ether oxygens (including phenoxy) is 1. The standard InChI is InChI=1S/C18H14N6O2/c1-26-18(25)12-5-4-6-13(9-12)23-16-14-10-22-24(17(14)21-11-20-16)15-7-2-3-8-19-15/h2-11H,1H3,(H,20,21,23). The van der Waals surface area contributed by atoms with Gasteiger partial charge in [0.05, 0.1) is 24.3 Å². The van der Waals surface area contributed by atoms with Gasteiger partial charge < -0.3 is 10.1 Å². The van der Waals surface area contributed by atoms with E-state index in [1.54, 1.807) is 35.3 Å². The molecule has 4 aromatic rings. The summed E-state index contributed by atoms with van der Waals surface area (Å²) in [5.41, 5.74) is 1.79. The summed E-state index contributed by atoms with van der Waals surface area (Å²) in [6, 6.07) is 12.6. The van der Waals surface area contributed by atoms with Crippen molar-refractivity contribution in [3.63, 3.8) is 0 Å². The van der Waals surface area contributed by atoms with Gasteiger partial charge in [-0.05, 0) is 30.3 Å². The maximum atomic E-state index is 11.7. The van der Waals surface area contributed by atoms with E-state index < -0.39 is 5.97 Å². The van der Waals surface area contributed by atoms with Crippen LogP contribution in [0.3, 0.4) is 0 Å². The van der Waals surface area contributed by atoms with Crippen LogP contribution in [0.5, 0.6) is 0 Å². The molecule has 26 heavy (non-hydrogen) atoms. The minimum atomic E-state index is -0.399. The van der Waals surface area contributed by atoms with Crippen molar-refractivity contribution in [3.05, 3.63) is 66.7 Å². The number of anilines is 2. The Morgan fingerprint density at radius 2 is 2.04 bits per heavy atom. The second-order valence-electron chi connectivity index (χ2n) is 5.40. The fraction of sp³-hybridized carbons (Fsp3) is 0.0556. The van der Waals surface area contributed by atoms with Gasteiger partial charge in [0.2, 0.25) is 0 Å². The van der Waals surface area contributed by atoms with Gasteiger partial charge in [-0.25, -0.2) is 19.7 Å². The molecule has 0 radical (unpaired) electrons. The van der Waals surface area contributed by atoms with Crippen molar-refractivity contribution in [2.24, 2.45) is 0 Å². The van der Waals surface area contributed by atoms with Crippen molar-refractivity contribution in [2.75, 3.05) is 12.4 Å². The number of hydrogen-bond acceptors (Lipinski definition) is 7. The topological polar surface area (TPSA) is 94.8 Å². The highest BCUT2D eigenvalue weighted by Crippen LogP contribution is 2.24. The normalized spacial score (nSPS) is 10.7. The molecule has 1 N–H and O–H groups in total. The first kappa shape index (κ1) is 15.7. The van der Waals surface area contributed by atoms with Crippen molar-refractivity contribution in [1.29, 1.82) is 0 Å². The smallest absolute Gasteiger partial charge is 0.337 e. The van der Waals surface area contributed by atoms with E-state index in [9.17, 15) is 4.79 Å². The molecule has 3 heterocycles. The van der Waals surface area contributed by atoms with E-state index in [0.717, 1.165) is 5.39 Å². The number of hydrogen-bond donors (Lipinski definition) is 1. The minimum Gasteiger partial charge on any atom is -0.465 e. The Labute approximate surface area is 148 Å². The highest BCUT2D eigenvalue weighted by atomic mass is 16.5. The van der Waals surface area contributed by atoms with Crippen LogP contribution in [0.25, 0.3) is 16.9 Å². The number of nitrogens with zero attached hydrogens (tertiary/aromatic N) is 5. The summed E-state index contributed by atoms with van der Waals surface area (Å²) in [6.45, 7) is 0. The lowest BCUT2D eigenvalue weighted by Crippen LogP contribution is -2.03. The fourth-order valence-corrected chi connectivity index (χ4v) is 2.57. The summed E-state index contributed by atoms with van der Waals surface area (Å²) in [4.78, 5) is 24.6. The van der Waals surface area contributed by atoms with Crippen molar-refractivity contribution >= 4 is 28.5 Å². The number of carbonyl (C=O) groups is 1. The summed E-state index contributed by atoms with van der Waals surface area (Å²) in [7, 11) is 1.35. The molecule has 1 aromatic carbocycles. The van der Waals surface area contributed by atoms with Gasteiger partial charge in [0.1, 0.15) is 12.1 Å². The van der Waals surface area contributed by atoms with Crippen molar-refractivity contribution in [2.45, 2.75) is 0 Å². The molecule has 4 rings (SSSR count). The Bertz CT molecular complexity index is 1080. The van der Waals surface area contributed by atoms with E-state index >= 15 is 0 Å². The molecule has 8 nitrogen and oxygen atoms in total. The molecule has 0 saturated carbocycles. The Hall–Kier alpha value is -3.81. The number of nitrogens with one attached hydrogen (secondary N) is 1. The average molecular weight is 346 g/mol. The molecule has 0 fully saturated rings. The van der Waals surface area contributed by atoms with Crippen LogP contribution in [0.2, 0.25) is 0 Å². The van der Waals surface area contributed by atoms with Crippen LogP contribution in [0.1, 0.15) is 10.4 Å². The molecule has 0 aliphatic rings. The zero-order valence-electron chi connectivity index (χ0n) is 13.8. The van der Waals surface area contributed by atoms with Crippen LogP contribution in [-0.4, -0.2) is 37.8 Å². The molecule has 8 heteroatoms. The highest BCUT2D eigenvalue weighted by Gasteiger charge is 2.12. The first-order valence-corrected chi connectivity index (χ1v) is 7.82. The number of fused-ring (bicyclic) bond motifs is 1. The Morgan fingerprint density at radius 3 is 2.85 bits per heavy atom. The average Bonchev–Trinajstić information content (AvgIpc) is 3.13. The molecule has 0 amide bonds. The third-order valence-corrected chi connectivity index (χ3v) is 3.78. The van der Waals surface area contributed by atoms with Crippen molar-refractivity contribution in [1.82, 2.24) is 24.7 Å². The largest absolute Gasteiger partial charge is 0.465 e. The molecule has 0 aliphatic carbocycles. The number of pyridine rings is 1. The second kappa shape index (κ2) is 6.60. The van der Waals surface area contributed by atoms with E-state index in [2.05, 4.69) is 25.4 Å². The monoisotopic (exact) mass is 346 g/mol. The highest BCUT2D eigenvalue weighted by molar-refractivity contribution is 5.92. The molecule has 128 valence electrons. The van der Waals surface area contributed by atoms with E-state index in [0.29, 0.717) is 28.5 Å². The first-order valence-electron chi connectivity index (χ1n) is 7.82. The summed E-state index contributed by atoms with van der Waals surface area (Å²) in [6.07, 6.45) is 4.83. The fourth-order valence-electron chi connectivity index (χ4n) is 2.57. The summed E-state index contributed by atoms with van der Waals surface area (Å²) in [5.74, 6) is 0.850. The van der Waals surface area contributed by atoms with Gasteiger partial charge >= 0.3 is 5.97 Å². The molecule has 3 aromatic heterocycles. The molecule has 0 saturated heterocycles. The maximum Gasteiger partial charge on any atom is 0.337 e. The van der Waals surface area contributed by atoms with Gasteiger partial charge in [-0.1, -0.05) is 12.1 Å². The molecule has 0 spiro atoms. The Morgan fingerprint density at radius 1 is 1.12 bits per heavy atom. The van der Waals surface area contributed by atoms with Crippen LogP contribution in [0, 0.1) is 0 Å². The van der Waals surface area contributed by atoms with Crippen LogP contribution in [0.15, 0.2) is 61.2 Å². The van der Waals surface area contributed by atoms with Crippen molar-refractivity contribution in [3.8, 4) is 5.82 Å². The summed E-state index contributed by atoms with van der Waals surface area (Å²) < 4.78 is 6.40. The molecule has 0 bridgehead atoms. The summed E-state index contributed by atoms with van der Waals surface area (Å²) >= 11 is 0. The number of rotatable bonds is 4. The number of benzene rings is 1. The molecule has 0 atom stereocenters. The lowest BCUT2D eigenvalue weighted by atomic mass is 10.2. The molecular formula is C18H14N6O2. The quantitative estimate of drug-likeness (QED) is 0.568. The summed E-state index contributed by atoms with van der Waals surface area (Å²) in [5, 5.41) is 8.30. The minimum absolute atomic E-state index is 0.399. The van der Waals surface area contributed by atoms with Crippen LogP contribution in [-0.2, 0) is 4.74 Å². The molecule has 0 unspecified atom stereocenters. The van der Waals surface area contributed by atoms with Gasteiger partial charge in [0.25, 0.3) is 0 Å². The third-order valence-electron chi connectivity index (χ3n) is 3.78. The molecule has 0 aliphatic heterocycles. The van der Waals surface area contributed by atoms with E-state index in [1.165, 1.54) is 13.4 Å². The van der Waals surface area contributed by atoms with Crippen LogP contribution in [0.4, 0.5) is 11.5 Å². The van der Waals surface area contributed by atoms with Crippen molar-refractivity contribution < 1.29 is 9.53 Å². The predicted molar refractivity (Wildman–Crippen MR) is 95.5 cm³/mol. The Balaban J connectivity index is 1.72. The van der Waals surface area contributed by atoms with E-state index in [1.807, 2.05) is 24.3 Å². The van der Waals surface area contributed by atoms with Gasteiger partial charge in [0, 0.05) is 11.9 Å². The number of esters is 1. The zero-order valence-corrected chi connectivity index (χ0v) is 13.8. The maximum absolute atomic E-state index is 11.7. The third kappa shape index (κ3) is 2.84. The van der Waals surface area contributed by atoms with Crippen LogP contribution >= 0.6 is 0 Å². The zero-order chi connectivity index (χ0) is 17.9. The van der Waals surface area contributed by atoms with Gasteiger partial charge in [-0.3, -0.25) is 0 Å². The van der Waals surface area contributed by atoms with Gasteiger partial charge in [-0.15, -0.1) is 0 Å². The van der Waals surface area contributed by atoms with Gasteiger partial charge in [0.15, 0.2) is 11.5 Å². The lowest BCUT2D eigenvalue weighted by molar-refractivity contribution is 0.0601. The predicted octanol–water partition coefficient (Wildman–Crippen LogP) is 2.74. The van der Waals surface area contributed by atoms with Gasteiger partial charge in [-0.2, -0.15) is 9.78 Å². The van der Waals surface area contributed by atoms with E-state index in [4.69, 9.17) is 4.74 Å². The number of methoxy groups -OCH3 is 1. The first-order chi connectivity index (χ1) is 12.8. The van der Waals surface area contributed by atoms with Crippen LogP contribution < -0.4 is 5.32 Å².